The van der Waals surface area contributed by atoms with Gasteiger partial charge in [0.05, 0.1) is 24.2 Å². The molecule has 0 aromatic heterocycles. The Bertz CT molecular complexity index is 1060. The topological polar surface area (TPSA) is 74.4 Å². The number of anilines is 2. The smallest absolute Gasteiger partial charge is 0.240 e. The number of ether oxygens (including phenoxy) is 2. The summed E-state index contributed by atoms with van der Waals surface area (Å²) in [6, 6.07) is 12.9. The van der Waals surface area contributed by atoms with Crippen LogP contribution in [0.1, 0.15) is 5.56 Å². The van der Waals surface area contributed by atoms with Gasteiger partial charge < -0.3 is 24.2 Å². The Balaban J connectivity index is 1.29. The van der Waals surface area contributed by atoms with E-state index in [1.807, 2.05) is 24.3 Å². The number of benzene rings is 2. The van der Waals surface area contributed by atoms with Gasteiger partial charge in [0, 0.05) is 56.2 Å². The first kappa shape index (κ1) is 22.5. The summed E-state index contributed by atoms with van der Waals surface area (Å²) in [5.41, 5.74) is 3.26. The van der Waals surface area contributed by atoms with Gasteiger partial charge in [-0.2, -0.15) is 0 Å². The fraction of sp³-hybridized carbons (Fsp3) is 0.500. The van der Waals surface area contributed by atoms with Crippen molar-refractivity contribution < 1.29 is 17.9 Å². The highest BCUT2D eigenvalue weighted by Gasteiger charge is 2.29. The Morgan fingerprint density at radius 1 is 0.909 bits per heavy atom. The summed E-state index contributed by atoms with van der Waals surface area (Å²) in [6.07, 6.45) is 0.614. The Hall–Kier alpha value is -2.33. The number of sulfonamides is 1. The maximum Gasteiger partial charge on any atom is 0.240 e. The van der Waals surface area contributed by atoms with Crippen LogP contribution in [0.15, 0.2) is 47.4 Å². The third kappa shape index (κ3) is 4.96. The molecule has 5 rings (SSSR count). The number of rotatable bonds is 5. The van der Waals surface area contributed by atoms with Crippen LogP contribution in [0.3, 0.4) is 0 Å². The van der Waals surface area contributed by atoms with Crippen LogP contribution < -0.4 is 19.3 Å². The molecule has 2 aromatic carbocycles. The molecule has 1 atom stereocenters. The highest BCUT2D eigenvalue weighted by atomic mass is 32.2. The molecule has 178 valence electrons. The molecule has 1 N–H and O–H groups in total. The Morgan fingerprint density at radius 2 is 1.64 bits per heavy atom. The molecule has 0 unspecified atom stereocenters. The van der Waals surface area contributed by atoms with Crippen molar-refractivity contribution in [2.24, 2.45) is 0 Å². The van der Waals surface area contributed by atoms with E-state index in [1.54, 1.807) is 12.1 Å². The zero-order chi connectivity index (χ0) is 22.8. The average Bonchev–Trinajstić information content (AvgIpc) is 2.85. The van der Waals surface area contributed by atoms with Crippen molar-refractivity contribution in [1.29, 1.82) is 0 Å². The lowest BCUT2D eigenvalue weighted by Gasteiger charge is -2.37. The van der Waals surface area contributed by atoms with E-state index in [2.05, 4.69) is 32.5 Å². The second-order valence-corrected chi connectivity index (χ2v) is 10.7. The molecular formula is C24H32N4O4S. The first-order chi connectivity index (χ1) is 16.0. The molecule has 8 nitrogen and oxygen atoms in total. The molecule has 0 saturated carbocycles. The maximum absolute atomic E-state index is 13.1. The summed E-state index contributed by atoms with van der Waals surface area (Å²) in [5, 5.41) is 0. The minimum absolute atomic E-state index is 0.276. The predicted octanol–water partition coefficient (Wildman–Crippen LogP) is 1.56. The van der Waals surface area contributed by atoms with E-state index in [0.717, 1.165) is 62.0 Å². The summed E-state index contributed by atoms with van der Waals surface area (Å²) in [7, 11) is -1.51. The highest BCUT2D eigenvalue weighted by molar-refractivity contribution is 7.89. The van der Waals surface area contributed by atoms with Gasteiger partial charge in [-0.15, -0.1) is 0 Å². The van der Waals surface area contributed by atoms with E-state index in [0.29, 0.717) is 26.2 Å². The number of hydrogen-bond donors (Lipinski definition) is 1. The van der Waals surface area contributed by atoms with Crippen LogP contribution in [0.4, 0.5) is 11.4 Å². The van der Waals surface area contributed by atoms with Gasteiger partial charge in [0.2, 0.25) is 10.0 Å². The van der Waals surface area contributed by atoms with E-state index in [4.69, 9.17) is 9.47 Å². The molecule has 0 spiro atoms. The minimum Gasteiger partial charge on any atom is -0.492 e. The van der Waals surface area contributed by atoms with Crippen LogP contribution in [0.2, 0.25) is 0 Å². The SMILES string of the molecule is CN1CCN(c2cccc3c2C[C@H](NS(=O)(=O)c2ccc(N4CCOCC4)cc2)CO3)CC1. The standard InChI is InChI=1S/C24H32N4O4S/c1-26-9-11-28(12-10-26)23-3-2-4-24-22(23)17-19(18-32-24)25-33(29,30)21-7-5-20(6-8-21)27-13-15-31-16-14-27/h2-8,19,25H,9-18H2,1H3/t19-/m0/s1. The van der Waals surface area contributed by atoms with E-state index >= 15 is 0 Å². The molecule has 0 bridgehead atoms. The number of nitrogens with one attached hydrogen (secondary N) is 1. The second kappa shape index (κ2) is 9.50. The van der Waals surface area contributed by atoms with E-state index in [1.165, 1.54) is 0 Å². The number of nitrogens with zero attached hydrogens (tertiary/aromatic N) is 3. The highest BCUT2D eigenvalue weighted by Crippen LogP contribution is 2.34. The monoisotopic (exact) mass is 472 g/mol. The third-order valence-corrected chi connectivity index (χ3v) is 8.22. The van der Waals surface area contributed by atoms with Crippen molar-refractivity contribution in [3.05, 3.63) is 48.0 Å². The van der Waals surface area contributed by atoms with Crippen LogP contribution in [0, 0.1) is 0 Å². The van der Waals surface area contributed by atoms with Gasteiger partial charge in [0.25, 0.3) is 0 Å². The summed E-state index contributed by atoms with van der Waals surface area (Å²) in [5.74, 6) is 0.858. The molecule has 3 aliphatic rings. The molecule has 0 radical (unpaired) electrons. The average molecular weight is 473 g/mol. The van der Waals surface area contributed by atoms with Crippen molar-refractivity contribution in [3.63, 3.8) is 0 Å². The Morgan fingerprint density at radius 3 is 2.36 bits per heavy atom. The molecule has 2 fully saturated rings. The van der Waals surface area contributed by atoms with E-state index in [9.17, 15) is 8.42 Å². The van der Waals surface area contributed by atoms with Gasteiger partial charge in [0.15, 0.2) is 0 Å². The Kier molecular flexibility index (Phi) is 6.47. The van der Waals surface area contributed by atoms with Crippen LogP contribution >= 0.6 is 0 Å². The summed E-state index contributed by atoms with van der Waals surface area (Å²) in [6.45, 7) is 7.30. The first-order valence-electron chi connectivity index (χ1n) is 11.6. The van der Waals surface area contributed by atoms with Crippen molar-refractivity contribution >= 4 is 21.4 Å². The lowest BCUT2D eigenvalue weighted by molar-refractivity contribution is 0.122. The molecule has 2 saturated heterocycles. The number of hydrogen-bond acceptors (Lipinski definition) is 7. The van der Waals surface area contributed by atoms with Gasteiger partial charge in [-0.25, -0.2) is 13.1 Å². The molecule has 3 aliphatic heterocycles. The number of morpholine rings is 1. The largest absolute Gasteiger partial charge is 0.492 e. The van der Waals surface area contributed by atoms with Crippen LogP contribution in [0.5, 0.6) is 5.75 Å². The van der Waals surface area contributed by atoms with E-state index < -0.39 is 10.0 Å². The normalized spacial score (nSPS) is 22.0. The molecule has 3 heterocycles. The van der Waals surface area contributed by atoms with Crippen molar-refractivity contribution in [1.82, 2.24) is 9.62 Å². The Labute approximate surface area is 196 Å². The third-order valence-electron chi connectivity index (χ3n) is 6.69. The lowest BCUT2D eigenvalue weighted by Crippen LogP contribution is -2.46. The maximum atomic E-state index is 13.1. The van der Waals surface area contributed by atoms with Crippen LogP contribution in [-0.4, -0.2) is 85.5 Å². The lowest BCUT2D eigenvalue weighted by atomic mass is 10.00. The number of likely N-dealkylation sites (N-methyl/N-ethyl adjacent to an activating group) is 1. The van der Waals surface area contributed by atoms with Crippen LogP contribution in [0.25, 0.3) is 0 Å². The fourth-order valence-electron chi connectivity index (χ4n) is 4.75. The minimum atomic E-state index is -3.65. The number of piperazine rings is 1. The zero-order valence-corrected chi connectivity index (χ0v) is 19.9. The summed E-state index contributed by atoms with van der Waals surface area (Å²) in [4.78, 5) is 7.18. The predicted molar refractivity (Wildman–Crippen MR) is 129 cm³/mol. The molecule has 0 amide bonds. The molecule has 9 heteroatoms. The summed E-state index contributed by atoms with van der Waals surface area (Å²) < 4.78 is 40.5. The second-order valence-electron chi connectivity index (χ2n) is 8.97. The molecule has 2 aromatic rings. The molecule has 0 aliphatic carbocycles. The summed E-state index contributed by atoms with van der Waals surface area (Å²) >= 11 is 0. The zero-order valence-electron chi connectivity index (χ0n) is 19.1. The van der Waals surface area contributed by atoms with Gasteiger partial charge in [-0.3, -0.25) is 0 Å². The fourth-order valence-corrected chi connectivity index (χ4v) is 5.98. The number of fused-ring (bicyclic) bond motifs is 1. The van der Waals surface area contributed by atoms with Crippen molar-refractivity contribution in [3.8, 4) is 5.75 Å². The van der Waals surface area contributed by atoms with Crippen LogP contribution in [-0.2, 0) is 21.2 Å². The van der Waals surface area contributed by atoms with Crippen molar-refractivity contribution in [2.45, 2.75) is 17.4 Å². The van der Waals surface area contributed by atoms with Gasteiger partial charge in [-0.05, 0) is 49.9 Å². The van der Waals surface area contributed by atoms with E-state index in [-0.39, 0.29) is 10.9 Å². The van der Waals surface area contributed by atoms with Gasteiger partial charge in [-0.1, -0.05) is 6.07 Å². The van der Waals surface area contributed by atoms with Gasteiger partial charge in [0.1, 0.15) is 12.4 Å². The molecule has 33 heavy (non-hydrogen) atoms. The first-order valence-corrected chi connectivity index (χ1v) is 13.1. The molecular weight excluding hydrogens is 440 g/mol. The quantitative estimate of drug-likeness (QED) is 0.708. The van der Waals surface area contributed by atoms with Gasteiger partial charge >= 0.3 is 0 Å². The van der Waals surface area contributed by atoms with Crippen molar-refractivity contribution in [2.75, 3.05) is 75.9 Å².